The summed E-state index contributed by atoms with van der Waals surface area (Å²) in [7, 11) is 0. The van der Waals surface area contributed by atoms with E-state index in [-0.39, 0.29) is 4.75 Å². The molecule has 1 fully saturated rings. The molecule has 0 amide bonds. The monoisotopic (exact) mass is 298 g/mol. The average Bonchev–Trinajstić information content (AvgIpc) is 2.49. The molecule has 4 nitrogen and oxygen atoms in total. The zero-order chi connectivity index (χ0) is 14.4. The summed E-state index contributed by atoms with van der Waals surface area (Å²) in [5.41, 5.74) is 0. The summed E-state index contributed by atoms with van der Waals surface area (Å²) in [6, 6.07) is 0. The molecule has 1 saturated carbocycles. The topological polar surface area (TPSA) is 49.8 Å². The van der Waals surface area contributed by atoms with E-state index >= 15 is 0 Å². The van der Waals surface area contributed by atoms with Crippen LogP contribution in [0.3, 0.4) is 0 Å². The number of hydrogen-bond acceptors (Lipinski definition) is 5. The summed E-state index contributed by atoms with van der Waals surface area (Å²) in [5.74, 6) is 0.381. The Morgan fingerprint density at radius 1 is 1.30 bits per heavy atom. The first-order valence-electron chi connectivity index (χ1n) is 7.24. The summed E-state index contributed by atoms with van der Waals surface area (Å²) in [6.07, 6.45) is 9.58. The van der Waals surface area contributed by atoms with Crippen LogP contribution in [0.4, 0.5) is 16.2 Å². The minimum absolute atomic E-state index is 0.216. The molecule has 0 radical (unpaired) electrons. The molecule has 1 aliphatic carbocycles. The number of halogens is 1. The van der Waals surface area contributed by atoms with Crippen molar-refractivity contribution in [2.75, 3.05) is 30.0 Å². The van der Waals surface area contributed by atoms with E-state index < -0.39 is 5.82 Å². The van der Waals surface area contributed by atoms with Crippen LogP contribution >= 0.6 is 11.8 Å². The second kappa shape index (κ2) is 7.11. The first kappa shape index (κ1) is 15.4. The molecule has 0 unspecified atom stereocenters. The molecule has 0 aliphatic heterocycles. The minimum Gasteiger partial charge on any atom is -0.366 e. The molecule has 1 heterocycles. The van der Waals surface area contributed by atoms with E-state index in [0.717, 1.165) is 13.1 Å². The zero-order valence-electron chi connectivity index (χ0n) is 12.2. The lowest BCUT2D eigenvalue weighted by Crippen LogP contribution is -2.36. The lowest BCUT2D eigenvalue weighted by Gasteiger charge is -2.36. The van der Waals surface area contributed by atoms with Gasteiger partial charge in [0.15, 0.2) is 11.6 Å². The first-order valence-corrected chi connectivity index (χ1v) is 8.47. The third-order valence-electron chi connectivity index (χ3n) is 3.85. The van der Waals surface area contributed by atoms with E-state index in [1.807, 2.05) is 18.7 Å². The number of rotatable bonds is 6. The lowest BCUT2D eigenvalue weighted by atomic mass is 9.88. The highest BCUT2D eigenvalue weighted by molar-refractivity contribution is 8.00. The molecule has 2 rings (SSSR count). The van der Waals surface area contributed by atoms with E-state index in [1.165, 1.54) is 38.3 Å². The van der Waals surface area contributed by atoms with Gasteiger partial charge in [-0.15, -0.1) is 0 Å². The minimum atomic E-state index is -0.390. The van der Waals surface area contributed by atoms with E-state index in [9.17, 15) is 4.39 Å². The van der Waals surface area contributed by atoms with Gasteiger partial charge in [-0.2, -0.15) is 16.7 Å². The van der Waals surface area contributed by atoms with Gasteiger partial charge in [0.1, 0.15) is 0 Å². The third kappa shape index (κ3) is 3.75. The van der Waals surface area contributed by atoms with Crippen LogP contribution in [0.1, 0.15) is 39.0 Å². The number of nitrogens with one attached hydrogen (secondary N) is 2. The van der Waals surface area contributed by atoms with Crippen LogP contribution in [0.2, 0.25) is 0 Å². The molecule has 1 aromatic heterocycles. The molecule has 0 saturated heterocycles. The maximum absolute atomic E-state index is 13.8. The van der Waals surface area contributed by atoms with Gasteiger partial charge in [-0.3, -0.25) is 0 Å². The smallest absolute Gasteiger partial charge is 0.224 e. The highest BCUT2D eigenvalue weighted by atomic mass is 32.2. The SMILES string of the molecule is CCNc1ncc(F)c(NCC2(SC)CCCCC2)n1. The van der Waals surface area contributed by atoms with Crippen LogP contribution in [0.5, 0.6) is 0 Å². The second-order valence-corrected chi connectivity index (χ2v) is 6.50. The van der Waals surface area contributed by atoms with Crippen molar-refractivity contribution in [2.45, 2.75) is 43.8 Å². The van der Waals surface area contributed by atoms with Gasteiger partial charge in [-0.05, 0) is 26.0 Å². The van der Waals surface area contributed by atoms with Gasteiger partial charge in [-0.1, -0.05) is 19.3 Å². The Labute approximate surface area is 124 Å². The van der Waals surface area contributed by atoms with E-state index in [4.69, 9.17) is 0 Å². The van der Waals surface area contributed by atoms with Gasteiger partial charge in [0, 0.05) is 17.8 Å². The van der Waals surface area contributed by atoms with Crippen molar-refractivity contribution in [2.24, 2.45) is 0 Å². The van der Waals surface area contributed by atoms with Gasteiger partial charge in [-0.25, -0.2) is 9.37 Å². The highest BCUT2D eigenvalue weighted by Gasteiger charge is 2.31. The van der Waals surface area contributed by atoms with Crippen molar-refractivity contribution < 1.29 is 4.39 Å². The van der Waals surface area contributed by atoms with Crippen LogP contribution in [0.15, 0.2) is 6.20 Å². The maximum Gasteiger partial charge on any atom is 0.224 e. The number of aromatic nitrogens is 2. The second-order valence-electron chi connectivity index (χ2n) is 5.22. The predicted octanol–water partition coefficient (Wildman–Crippen LogP) is 3.53. The molecule has 20 heavy (non-hydrogen) atoms. The molecule has 112 valence electrons. The van der Waals surface area contributed by atoms with Crippen LogP contribution in [0.25, 0.3) is 0 Å². The van der Waals surface area contributed by atoms with Crippen molar-refractivity contribution in [1.29, 1.82) is 0 Å². The molecule has 0 bridgehead atoms. The first-order chi connectivity index (χ1) is 9.69. The number of nitrogens with zero attached hydrogens (tertiary/aromatic N) is 2. The average molecular weight is 298 g/mol. The van der Waals surface area contributed by atoms with Crippen molar-refractivity contribution in [3.8, 4) is 0 Å². The number of anilines is 2. The fourth-order valence-corrected chi connectivity index (χ4v) is 3.54. The van der Waals surface area contributed by atoms with Gasteiger partial charge in [0.05, 0.1) is 6.20 Å². The molecule has 0 atom stereocenters. The fraction of sp³-hybridized carbons (Fsp3) is 0.714. The molecule has 6 heteroatoms. The molecule has 1 aromatic rings. The highest BCUT2D eigenvalue weighted by Crippen LogP contribution is 2.38. The Hall–Kier alpha value is -1.04. The predicted molar refractivity (Wildman–Crippen MR) is 84.0 cm³/mol. The summed E-state index contributed by atoms with van der Waals surface area (Å²) in [5, 5.41) is 6.19. The van der Waals surface area contributed by atoms with Gasteiger partial charge in [0.2, 0.25) is 5.95 Å². The normalized spacial score (nSPS) is 17.8. The van der Waals surface area contributed by atoms with E-state index in [0.29, 0.717) is 11.8 Å². The fourth-order valence-electron chi connectivity index (χ4n) is 2.63. The molecular weight excluding hydrogens is 275 g/mol. The van der Waals surface area contributed by atoms with Crippen LogP contribution in [-0.4, -0.2) is 34.1 Å². The summed E-state index contributed by atoms with van der Waals surface area (Å²) >= 11 is 1.89. The van der Waals surface area contributed by atoms with Crippen molar-refractivity contribution in [3.63, 3.8) is 0 Å². The standard InChI is InChI=1S/C14H23FN4S/c1-3-16-13-17-9-11(15)12(19-13)18-10-14(20-2)7-5-4-6-8-14/h9H,3-8,10H2,1-2H3,(H2,16,17,18,19). The molecule has 2 N–H and O–H groups in total. The Morgan fingerprint density at radius 3 is 2.70 bits per heavy atom. The van der Waals surface area contributed by atoms with Crippen molar-refractivity contribution >= 4 is 23.5 Å². The summed E-state index contributed by atoms with van der Waals surface area (Å²) in [6.45, 7) is 3.44. The Balaban J connectivity index is 2.03. The summed E-state index contributed by atoms with van der Waals surface area (Å²) < 4.78 is 14.0. The Bertz CT molecular complexity index is 435. The van der Waals surface area contributed by atoms with Gasteiger partial charge < -0.3 is 10.6 Å². The maximum atomic E-state index is 13.8. The van der Waals surface area contributed by atoms with E-state index in [1.54, 1.807) is 0 Å². The Morgan fingerprint density at radius 2 is 2.05 bits per heavy atom. The number of hydrogen-bond donors (Lipinski definition) is 2. The molecular formula is C14H23FN4S. The van der Waals surface area contributed by atoms with Crippen LogP contribution < -0.4 is 10.6 Å². The van der Waals surface area contributed by atoms with E-state index in [2.05, 4.69) is 26.9 Å². The quantitative estimate of drug-likeness (QED) is 0.841. The zero-order valence-corrected chi connectivity index (χ0v) is 13.0. The van der Waals surface area contributed by atoms with Gasteiger partial charge >= 0.3 is 0 Å². The van der Waals surface area contributed by atoms with Gasteiger partial charge in [0.25, 0.3) is 0 Å². The third-order valence-corrected chi connectivity index (χ3v) is 5.27. The number of thioether (sulfide) groups is 1. The van der Waals surface area contributed by atoms with Crippen LogP contribution in [-0.2, 0) is 0 Å². The van der Waals surface area contributed by atoms with Crippen molar-refractivity contribution in [3.05, 3.63) is 12.0 Å². The lowest BCUT2D eigenvalue weighted by molar-refractivity contribution is 0.410. The van der Waals surface area contributed by atoms with Crippen LogP contribution in [0, 0.1) is 5.82 Å². The molecule has 1 aliphatic rings. The molecule has 0 aromatic carbocycles. The molecule has 0 spiro atoms. The Kier molecular flexibility index (Phi) is 5.46. The van der Waals surface area contributed by atoms with Crippen molar-refractivity contribution in [1.82, 2.24) is 9.97 Å². The summed E-state index contributed by atoms with van der Waals surface area (Å²) in [4.78, 5) is 8.11. The largest absolute Gasteiger partial charge is 0.366 e.